The van der Waals surface area contributed by atoms with E-state index in [4.69, 9.17) is 5.73 Å². The molecule has 0 bridgehead atoms. The molecule has 1 aromatic carbocycles. The molecule has 3 aromatic rings. The molecule has 3 rings (SSSR count). The summed E-state index contributed by atoms with van der Waals surface area (Å²) in [6, 6.07) is 4.26. The third-order valence-corrected chi connectivity index (χ3v) is 2.84. The zero-order valence-electron chi connectivity index (χ0n) is 10.0. The number of phenolic OH excluding ortho intramolecular Hbond substituents is 1. The van der Waals surface area contributed by atoms with Crippen LogP contribution in [0.15, 0.2) is 24.4 Å². The van der Waals surface area contributed by atoms with Crippen molar-refractivity contribution in [2.24, 2.45) is 7.05 Å². The van der Waals surface area contributed by atoms with E-state index in [0.29, 0.717) is 22.3 Å². The lowest BCUT2D eigenvalue weighted by atomic mass is 10.1. The highest BCUT2D eigenvalue weighted by Crippen LogP contribution is 2.34. The van der Waals surface area contributed by atoms with Crippen LogP contribution < -0.4 is 5.73 Å². The second-order valence-electron chi connectivity index (χ2n) is 4.07. The smallest absolute Gasteiger partial charge is 0.222 e. The van der Waals surface area contributed by atoms with E-state index < -0.39 is 11.6 Å². The van der Waals surface area contributed by atoms with Gasteiger partial charge in [-0.3, -0.25) is 0 Å². The van der Waals surface area contributed by atoms with Crippen molar-refractivity contribution in [1.29, 1.82) is 0 Å². The van der Waals surface area contributed by atoms with Gasteiger partial charge < -0.3 is 10.8 Å². The maximum atomic E-state index is 13.4. The van der Waals surface area contributed by atoms with Gasteiger partial charge in [0.05, 0.1) is 5.39 Å². The van der Waals surface area contributed by atoms with Crippen LogP contribution in [0.3, 0.4) is 0 Å². The first kappa shape index (κ1) is 11.4. The van der Waals surface area contributed by atoms with E-state index in [9.17, 15) is 9.50 Å². The number of nitrogens with two attached hydrogens (primary N) is 1. The van der Waals surface area contributed by atoms with Gasteiger partial charge in [0.1, 0.15) is 5.69 Å². The normalized spacial score (nSPS) is 11.1. The third kappa shape index (κ3) is 1.67. The molecule has 3 N–H and O–H groups in total. The fourth-order valence-corrected chi connectivity index (χ4v) is 1.96. The Kier molecular flexibility index (Phi) is 2.34. The zero-order valence-corrected chi connectivity index (χ0v) is 10.0. The van der Waals surface area contributed by atoms with Crippen LogP contribution in [-0.2, 0) is 7.05 Å². The van der Waals surface area contributed by atoms with Crippen LogP contribution in [0, 0.1) is 5.82 Å². The summed E-state index contributed by atoms with van der Waals surface area (Å²) in [5, 5.41) is 14.6. The van der Waals surface area contributed by atoms with Crippen LogP contribution in [0.25, 0.3) is 22.3 Å². The quantitative estimate of drug-likeness (QED) is 0.690. The number of rotatable bonds is 1. The Morgan fingerprint density at radius 3 is 2.95 bits per heavy atom. The number of nitrogen functional groups attached to an aromatic ring is 1. The van der Waals surface area contributed by atoms with Crippen molar-refractivity contribution >= 4 is 17.0 Å². The number of aryl methyl sites for hydroxylation is 1. The van der Waals surface area contributed by atoms with Gasteiger partial charge in [-0.1, -0.05) is 6.07 Å². The minimum absolute atomic E-state index is 0.130. The largest absolute Gasteiger partial charge is 0.504 e. The number of para-hydroxylation sites is 1. The number of fused-ring (bicyclic) bond motifs is 1. The van der Waals surface area contributed by atoms with E-state index in [2.05, 4.69) is 15.1 Å². The van der Waals surface area contributed by atoms with E-state index in [1.165, 1.54) is 23.0 Å². The molecule has 0 aliphatic rings. The number of hydrogen-bond acceptors (Lipinski definition) is 5. The molecule has 6 nitrogen and oxygen atoms in total. The van der Waals surface area contributed by atoms with Crippen molar-refractivity contribution in [3.63, 3.8) is 0 Å². The summed E-state index contributed by atoms with van der Waals surface area (Å²) in [4.78, 5) is 7.96. The molecule has 0 unspecified atom stereocenters. The molecule has 2 heterocycles. The Bertz CT molecular complexity index is 783. The number of phenols is 1. The van der Waals surface area contributed by atoms with Crippen LogP contribution in [0.4, 0.5) is 10.3 Å². The Hall–Kier alpha value is -2.70. The number of halogens is 1. The fraction of sp³-hybridized carbons (Fsp3) is 0.0833. The predicted molar refractivity (Wildman–Crippen MR) is 67.8 cm³/mol. The van der Waals surface area contributed by atoms with Crippen LogP contribution in [0.2, 0.25) is 0 Å². The average Bonchev–Trinajstić information content (AvgIpc) is 2.70. The van der Waals surface area contributed by atoms with Gasteiger partial charge in [-0.2, -0.15) is 10.1 Å². The summed E-state index contributed by atoms with van der Waals surface area (Å²) in [5.41, 5.74) is 6.74. The van der Waals surface area contributed by atoms with Crippen molar-refractivity contribution in [3.05, 3.63) is 30.2 Å². The van der Waals surface area contributed by atoms with E-state index in [1.54, 1.807) is 13.1 Å². The maximum absolute atomic E-state index is 13.4. The minimum atomic E-state index is -0.701. The first-order chi connectivity index (χ1) is 9.08. The summed E-state index contributed by atoms with van der Waals surface area (Å²) in [6.07, 6.45) is 1.50. The molecule has 0 spiro atoms. The van der Waals surface area contributed by atoms with Crippen LogP contribution >= 0.6 is 0 Å². The van der Waals surface area contributed by atoms with Crippen molar-refractivity contribution < 1.29 is 9.50 Å². The Morgan fingerprint density at radius 2 is 2.16 bits per heavy atom. The van der Waals surface area contributed by atoms with Crippen molar-refractivity contribution in [2.45, 2.75) is 0 Å². The van der Waals surface area contributed by atoms with E-state index in [0.717, 1.165) is 0 Å². The molecule has 0 aliphatic carbocycles. The van der Waals surface area contributed by atoms with E-state index >= 15 is 0 Å². The zero-order chi connectivity index (χ0) is 13.6. The summed E-state index contributed by atoms with van der Waals surface area (Å²) >= 11 is 0. The second-order valence-corrected chi connectivity index (χ2v) is 4.07. The highest BCUT2D eigenvalue weighted by molar-refractivity contribution is 5.92. The van der Waals surface area contributed by atoms with Gasteiger partial charge in [0.15, 0.2) is 17.2 Å². The standard InChI is InChI=1S/C12H10FN5O/c1-18-11-7(5-15-12(14)16-11)9(17-18)6-3-2-4-8(13)10(6)19/h2-5,19H,1H3,(H2,14,15,16). The third-order valence-electron chi connectivity index (χ3n) is 2.84. The lowest BCUT2D eigenvalue weighted by Gasteiger charge is -2.02. The minimum Gasteiger partial charge on any atom is -0.504 e. The number of benzene rings is 1. The van der Waals surface area contributed by atoms with E-state index in [-0.39, 0.29) is 5.95 Å². The Balaban J connectivity index is 2.34. The molecule has 0 saturated carbocycles. The monoisotopic (exact) mass is 259 g/mol. The first-order valence-corrected chi connectivity index (χ1v) is 5.51. The molecule has 7 heteroatoms. The number of nitrogens with zero attached hydrogens (tertiary/aromatic N) is 4. The molecule has 96 valence electrons. The number of aromatic hydroxyl groups is 1. The lowest BCUT2D eigenvalue weighted by Crippen LogP contribution is -1.97. The van der Waals surface area contributed by atoms with Crippen molar-refractivity contribution in [2.75, 3.05) is 5.73 Å². The SMILES string of the molecule is Cn1nc(-c2cccc(F)c2O)c2cnc(N)nc21. The number of aromatic nitrogens is 4. The number of anilines is 1. The highest BCUT2D eigenvalue weighted by Gasteiger charge is 2.17. The Morgan fingerprint density at radius 1 is 1.37 bits per heavy atom. The van der Waals surface area contributed by atoms with E-state index in [1.807, 2.05) is 0 Å². The van der Waals surface area contributed by atoms with Gasteiger partial charge in [-0.05, 0) is 12.1 Å². The van der Waals surface area contributed by atoms with Gasteiger partial charge in [0, 0.05) is 18.8 Å². The molecule has 0 atom stereocenters. The van der Waals surface area contributed by atoms with Gasteiger partial charge in [0.25, 0.3) is 0 Å². The lowest BCUT2D eigenvalue weighted by molar-refractivity contribution is 0.434. The second kappa shape index (κ2) is 3.91. The molecule has 19 heavy (non-hydrogen) atoms. The van der Waals surface area contributed by atoms with Gasteiger partial charge >= 0.3 is 0 Å². The number of hydrogen-bond donors (Lipinski definition) is 2. The van der Waals surface area contributed by atoms with Crippen LogP contribution in [-0.4, -0.2) is 24.9 Å². The fourth-order valence-electron chi connectivity index (χ4n) is 1.96. The summed E-state index contributed by atoms with van der Waals surface area (Å²) in [6.45, 7) is 0. The van der Waals surface area contributed by atoms with Crippen LogP contribution in [0.1, 0.15) is 0 Å². The van der Waals surface area contributed by atoms with Gasteiger partial charge in [0.2, 0.25) is 5.95 Å². The van der Waals surface area contributed by atoms with Gasteiger partial charge in [-0.25, -0.2) is 14.1 Å². The molecule has 0 fully saturated rings. The summed E-state index contributed by atoms with van der Waals surface area (Å²) in [5.74, 6) is -1.02. The topological polar surface area (TPSA) is 89.8 Å². The van der Waals surface area contributed by atoms with Crippen LogP contribution in [0.5, 0.6) is 5.75 Å². The first-order valence-electron chi connectivity index (χ1n) is 5.51. The average molecular weight is 259 g/mol. The van der Waals surface area contributed by atoms with Gasteiger partial charge in [-0.15, -0.1) is 0 Å². The highest BCUT2D eigenvalue weighted by atomic mass is 19.1. The summed E-state index contributed by atoms with van der Waals surface area (Å²) in [7, 11) is 1.69. The predicted octanol–water partition coefficient (Wildman–Crippen LogP) is 1.46. The molecular weight excluding hydrogens is 249 g/mol. The molecule has 0 saturated heterocycles. The maximum Gasteiger partial charge on any atom is 0.222 e. The summed E-state index contributed by atoms with van der Waals surface area (Å²) < 4.78 is 14.9. The Labute approximate surface area is 107 Å². The molecular formula is C12H10FN5O. The molecule has 0 amide bonds. The van der Waals surface area contributed by atoms with Crippen molar-refractivity contribution in [1.82, 2.24) is 19.7 Å². The molecule has 2 aromatic heterocycles. The molecule has 0 radical (unpaired) electrons. The molecule has 0 aliphatic heterocycles. The van der Waals surface area contributed by atoms with Crippen molar-refractivity contribution in [3.8, 4) is 17.0 Å².